The normalized spacial score (nSPS) is 12.0. The molecule has 1 aromatic carbocycles. The number of aliphatic hydroxyl groups is 1. The van der Waals surface area contributed by atoms with Crippen LogP contribution in [0.1, 0.15) is 33.3 Å². The van der Waals surface area contributed by atoms with Crippen molar-refractivity contribution in [3.05, 3.63) is 46.5 Å². The predicted molar refractivity (Wildman–Crippen MR) is 94.4 cm³/mol. The summed E-state index contributed by atoms with van der Waals surface area (Å²) in [6.45, 7) is 2.44. The van der Waals surface area contributed by atoms with Crippen LogP contribution < -0.4 is 10.2 Å². The number of aryl methyl sites for hydroxylation is 1. The number of carbonyl (C=O) groups is 1. The van der Waals surface area contributed by atoms with Gasteiger partial charge in [-0.2, -0.15) is 0 Å². The predicted octanol–water partition coefficient (Wildman–Crippen LogP) is 2.41. The van der Waals surface area contributed by atoms with Crippen LogP contribution in [0.4, 0.5) is 5.13 Å². The summed E-state index contributed by atoms with van der Waals surface area (Å²) in [4.78, 5) is 19.4. The highest BCUT2D eigenvalue weighted by atomic mass is 32.1. The minimum atomic E-state index is -0.105. The number of nitrogens with one attached hydrogen (secondary N) is 1. The average Bonchev–Trinajstić information content (AvgIpc) is 2.94. The Morgan fingerprint density at radius 3 is 2.61 bits per heavy atom. The van der Waals surface area contributed by atoms with Crippen LogP contribution in [-0.2, 0) is 0 Å². The lowest BCUT2D eigenvalue weighted by molar-refractivity contribution is 0.0952. The van der Waals surface area contributed by atoms with Gasteiger partial charge in [0.2, 0.25) is 0 Å². The van der Waals surface area contributed by atoms with Crippen LogP contribution in [0.3, 0.4) is 0 Å². The smallest absolute Gasteiger partial charge is 0.263 e. The highest BCUT2D eigenvalue weighted by Gasteiger charge is 2.18. The Hall–Kier alpha value is -1.92. The standard InChI is InChI=1S/C17H23N3O2S/c1-12-15(23-17(19-12)20(2)3)16(22)18-11-14(9-10-21)13-7-5-4-6-8-13/h4-8,14,21H,9-11H2,1-3H3,(H,18,22). The number of aromatic nitrogens is 1. The van der Waals surface area contributed by atoms with Crippen LogP contribution in [0.5, 0.6) is 0 Å². The van der Waals surface area contributed by atoms with Gasteiger partial charge >= 0.3 is 0 Å². The number of amides is 1. The molecule has 5 nitrogen and oxygen atoms in total. The van der Waals surface area contributed by atoms with Crippen LogP contribution in [-0.4, -0.2) is 43.2 Å². The molecule has 0 spiro atoms. The molecule has 0 fully saturated rings. The largest absolute Gasteiger partial charge is 0.396 e. The molecular formula is C17H23N3O2S. The van der Waals surface area contributed by atoms with E-state index in [1.807, 2.05) is 56.3 Å². The summed E-state index contributed by atoms with van der Waals surface area (Å²) in [7, 11) is 3.82. The first-order valence-electron chi connectivity index (χ1n) is 7.61. The van der Waals surface area contributed by atoms with Crippen LogP contribution in [0.15, 0.2) is 30.3 Å². The third kappa shape index (κ3) is 4.53. The molecule has 0 saturated heterocycles. The fourth-order valence-electron chi connectivity index (χ4n) is 2.35. The molecule has 2 rings (SSSR count). The van der Waals surface area contributed by atoms with Crippen LogP contribution in [0.25, 0.3) is 0 Å². The number of anilines is 1. The Morgan fingerprint density at radius 1 is 1.35 bits per heavy atom. The summed E-state index contributed by atoms with van der Waals surface area (Å²) in [5, 5.41) is 13.1. The van der Waals surface area contributed by atoms with E-state index in [-0.39, 0.29) is 18.4 Å². The van der Waals surface area contributed by atoms with Crippen molar-refractivity contribution >= 4 is 22.4 Å². The lowest BCUT2D eigenvalue weighted by atomic mass is 9.96. The fourth-order valence-corrected chi connectivity index (χ4v) is 3.25. The Morgan fingerprint density at radius 2 is 2.04 bits per heavy atom. The summed E-state index contributed by atoms with van der Waals surface area (Å²) >= 11 is 1.39. The molecular weight excluding hydrogens is 310 g/mol. The summed E-state index contributed by atoms with van der Waals surface area (Å²) in [5.41, 5.74) is 1.87. The first kappa shape index (κ1) is 17.4. The van der Waals surface area contributed by atoms with Crippen molar-refractivity contribution < 1.29 is 9.90 Å². The zero-order valence-corrected chi connectivity index (χ0v) is 14.6. The number of benzene rings is 1. The number of hydrogen-bond donors (Lipinski definition) is 2. The molecule has 124 valence electrons. The van der Waals surface area contributed by atoms with E-state index < -0.39 is 0 Å². The first-order valence-corrected chi connectivity index (χ1v) is 8.43. The topological polar surface area (TPSA) is 65.5 Å². The molecule has 2 N–H and O–H groups in total. The minimum Gasteiger partial charge on any atom is -0.396 e. The van der Waals surface area contributed by atoms with Gasteiger partial charge in [0, 0.05) is 33.2 Å². The van der Waals surface area contributed by atoms with Gasteiger partial charge in [0.1, 0.15) is 4.88 Å². The molecule has 1 amide bonds. The molecule has 0 radical (unpaired) electrons. The van der Waals surface area contributed by atoms with Gasteiger partial charge in [0.15, 0.2) is 5.13 Å². The Balaban J connectivity index is 2.04. The van der Waals surface area contributed by atoms with Crippen molar-refractivity contribution in [2.45, 2.75) is 19.3 Å². The van der Waals surface area contributed by atoms with E-state index in [0.29, 0.717) is 17.8 Å². The quantitative estimate of drug-likeness (QED) is 0.817. The van der Waals surface area contributed by atoms with Crippen molar-refractivity contribution in [2.24, 2.45) is 0 Å². The van der Waals surface area contributed by atoms with Crippen molar-refractivity contribution in [3.63, 3.8) is 0 Å². The maximum Gasteiger partial charge on any atom is 0.263 e. The second-order valence-corrected chi connectivity index (χ2v) is 6.61. The maximum atomic E-state index is 12.4. The third-order valence-corrected chi connectivity index (χ3v) is 4.96. The Kier molecular flexibility index (Phi) is 6.12. The second kappa shape index (κ2) is 8.08. The Bertz CT molecular complexity index is 641. The second-order valence-electron chi connectivity index (χ2n) is 5.64. The van der Waals surface area contributed by atoms with Gasteiger partial charge in [-0.15, -0.1) is 0 Å². The highest BCUT2D eigenvalue weighted by Crippen LogP contribution is 2.25. The van der Waals surface area contributed by atoms with Crippen LogP contribution in [0, 0.1) is 6.92 Å². The van der Waals surface area contributed by atoms with Crippen molar-refractivity contribution in [1.82, 2.24) is 10.3 Å². The van der Waals surface area contributed by atoms with Crippen molar-refractivity contribution in [3.8, 4) is 0 Å². The number of aliphatic hydroxyl groups excluding tert-OH is 1. The van der Waals surface area contributed by atoms with E-state index in [1.165, 1.54) is 11.3 Å². The molecule has 0 aliphatic carbocycles. The molecule has 23 heavy (non-hydrogen) atoms. The van der Waals surface area contributed by atoms with Gasteiger partial charge in [-0.3, -0.25) is 4.79 Å². The van der Waals surface area contributed by atoms with Crippen LogP contribution in [0.2, 0.25) is 0 Å². The molecule has 0 bridgehead atoms. The maximum absolute atomic E-state index is 12.4. The Labute approximate surface area is 141 Å². The molecule has 1 unspecified atom stereocenters. The zero-order chi connectivity index (χ0) is 16.8. The number of hydrogen-bond acceptors (Lipinski definition) is 5. The molecule has 1 aromatic heterocycles. The van der Waals surface area contributed by atoms with Gasteiger partial charge in [-0.25, -0.2) is 4.98 Å². The molecule has 1 atom stereocenters. The number of nitrogens with zero attached hydrogens (tertiary/aromatic N) is 2. The number of carbonyl (C=O) groups excluding carboxylic acids is 1. The SMILES string of the molecule is Cc1nc(N(C)C)sc1C(=O)NCC(CCO)c1ccccc1. The molecule has 6 heteroatoms. The molecule has 2 aromatic rings. The van der Waals surface area contributed by atoms with Crippen molar-refractivity contribution in [2.75, 3.05) is 32.1 Å². The van der Waals surface area contributed by atoms with Gasteiger partial charge in [0.05, 0.1) is 5.69 Å². The summed E-state index contributed by atoms with van der Waals surface area (Å²) in [5.74, 6) is -0.00123. The lowest BCUT2D eigenvalue weighted by Crippen LogP contribution is -2.28. The molecule has 0 aliphatic heterocycles. The molecule has 0 aliphatic rings. The molecule has 1 heterocycles. The third-order valence-electron chi connectivity index (χ3n) is 3.63. The van der Waals surface area contributed by atoms with E-state index in [2.05, 4.69) is 10.3 Å². The summed E-state index contributed by atoms with van der Waals surface area (Å²) < 4.78 is 0. The monoisotopic (exact) mass is 333 g/mol. The van der Waals surface area contributed by atoms with E-state index >= 15 is 0 Å². The zero-order valence-electron chi connectivity index (χ0n) is 13.7. The fraction of sp³-hybridized carbons (Fsp3) is 0.412. The van der Waals surface area contributed by atoms with Gasteiger partial charge in [-0.1, -0.05) is 41.7 Å². The highest BCUT2D eigenvalue weighted by molar-refractivity contribution is 7.17. The number of thiazole rings is 1. The van der Waals surface area contributed by atoms with Gasteiger partial charge in [-0.05, 0) is 18.9 Å². The van der Waals surface area contributed by atoms with Gasteiger partial charge < -0.3 is 15.3 Å². The molecule has 0 saturated carbocycles. The van der Waals surface area contributed by atoms with E-state index in [0.717, 1.165) is 16.4 Å². The summed E-state index contributed by atoms with van der Waals surface area (Å²) in [6.07, 6.45) is 0.620. The lowest BCUT2D eigenvalue weighted by Gasteiger charge is -2.17. The number of rotatable bonds is 7. The van der Waals surface area contributed by atoms with Crippen LogP contribution >= 0.6 is 11.3 Å². The summed E-state index contributed by atoms with van der Waals surface area (Å²) in [6, 6.07) is 9.95. The van der Waals surface area contributed by atoms with Gasteiger partial charge in [0.25, 0.3) is 5.91 Å². The van der Waals surface area contributed by atoms with E-state index in [1.54, 1.807) is 0 Å². The van der Waals surface area contributed by atoms with E-state index in [4.69, 9.17) is 0 Å². The first-order chi connectivity index (χ1) is 11.0. The van der Waals surface area contributed by atoms with E-state index in [9.17, 15) is 9.90 Å². The average molecular weight is 333 g/mol. The van der Waals surface area contributed by atoms with Crippen molar-refractivity contribution in [1.29, 1.82) is 0 Å². The minimum absolute atomic E-state index is 0.0970.